The smallest absolute Gasteiger partial charge is 0.223 e. The third-order valence-corrected chi connectivity index (χ3v) is 1.57. The van der Waals surface area contributed by atoms with Gasteiger partial charge in [-0.25, -0.2) is 0 Å². The molecule has 0 saturated heterocycles. The molecule has 2 N–H and O–H groups in total. The van der Waals surface area contributed by atoms with Gasteiger partial charge in [0.1, 0.15) is 0 Å². The van der Waals surface area contributed by atoms with Gasteiger partial charge in [0.25, 0.3) is 0 Å². The molecule has 0 aliphatic heterocycles. The van der Waals surface area contributed by atoms with Gasteiger partial charge in [-0.1, -0.05) is 13.8 Å². The lowest BCUT2D eigenvalue weighted by Crippen LogP contribution is -2.33. The Morgan fingerprint density at radius 1 is 1.55 bits per heavy atom. The number of carbonyl (C=O) groups is 1. The van der Waals surface area contributed by atoms with Gasteiger partial charge in [0.15, 0.2) is 0 Å². The Balaban J connectivity index is 3.36. The van der Waals surface area contributed by atoms with Crippen molar-refractivity contribution in [3.63, 3.8) is 0 Å². The fraction of sp³-hybridized carbons (Fsp3) is 0.875. The van der Waals surface area contributed by atoms with Gasteiger partial charge in [0.05, 0.1) is 0 Å². The van der Waals surface area contributed by atoms with Crippen molar-refractivity contribution in [2.45, 2.75) is 20.3 Å². The minimum absolute atomic E-state index is 0.0755. The summed E-state index contributed by atoms with van der Waals surface area (Å²) in [6.07, 6.45) is 1.11. The second-order valence-electron chi connectivity index (χ2n) is 2.72. The molecule has 0 aliphatic rings. The Kier molecular flexibility index (Phi) is 5.84. The van der Waals surface area contributed by atoms with Gasteiger partial charge in [0.2, 0.25) is 5.91 Å². The van der Waals surface area contributed by atoms with E-state index in [4.69, 9.17) is 0 Å². The topological polar surface area (TPSA) is 41.1 Å². The van der Waals surface area contributed by atoms with Crippen LogP contribution in [0.2, 0.25) is 0 Å². The van der Waals surface area contributed by atoms with Gasteiger partial charge >= 0.3 is 0 Å². The highest BCUT2D eigenvalue weighted by Crippen LogP contribution is 1.90. The van der Waals surface area contributed by atoms with Crippen molar-refractivity contribution in [2.75, 3.05) is 20.1 Å². The minimum atomic E-state index is 0.0755. The van der Waals surface area contributed by atoms with Crippen LogP contribution in [0.25, 0.3) is 0 Å². The summed E-state index contributed by atoms with van der Waals surface area (Å²) in [5.74, 6) is 0.181. The van der Waals surface area contributed by atoms with Crippen LogP contribution in [0.15, 0.2) is 0 Å². The van der Waals surface area contributed by atoms with E-state index in [1.165, 1.54) is 0 Å². The standard InChI is InChI=1S/C8H18N2O/c1-4-5-10-6-7(2)8(11)9-3/h7,10H,4-6H2,1-3H3,(H,9,11). The van der Waals surface area contributed by atoms with Crippen LogP contribution in [0.1, 0.15) is 20.3 Å². The Hall–Kier alpha value is -0.570. The van der Waals surface area contributed by atoms with Gasteiger partial charge < -0.3 is 10.6 Å². The molecule has 0 heterocycles. The molecule has 0 aromatic carbocycles. The Morgan fingerprint density at radius 3 is 2.64 bits per heavy atom. The van der Waals surface area contributed by atoms with Gasteiger partial charge in [-0.2, -0.15) is 0 Å². The van der Waals surface area contributed by atoms with Crippen LogP contribution in [-0.4, -0.2) is 26.0 Å². The van der Waals surface area contributed by atoms with Gasteiger partial charge in [0, 0.05) is 19.5 Å². The number of hydrogen-bond acceptors (Lipinski definition) is 2. The number of carbonyl (C=O) groups excluding carboxylic acids is 1. The molecule has 1 amide bonds. The van der Waals surface area contributed by atoms with Crippen LogP contribution in [0.3, 0.4) is 0 Å². The van der Waals surface area contributed by atoms with E-state index in [-0.39, 0.29) is 11.8 Å². The molecule has 1 unspecified atom stereocenters. The van der Waals surface area contributed by atoms with Gasteiger partial charge in [-0.15, -0.1) is 0 Å². The molecule has 0 aliphatic carbocycles. The molecule has 3 heteroatoms. The van der Waals surface area contributed by atoms with E-state index in [2.05, 4.69) is 17.6 Å². The average Bonchev–Trinajstić information content (AvgIpc) is 2.03. The molecule has 0 saturated carbocycles. The van der Waals surface area contributed by atoms with Crippen molar-refractivity contribution in [1.29, 1.82) is 0 Å². The zero-order valence-corrected chi connectivity index (χ0v) is 7.61. The number of nitrogens with one attached hydrogen (secondary N) is 2. The summed E-state index contributed by atoms with van der Waals surface area (Å²) in [4.78, 5) is 11.0. The first-order valence-corrected chi connectivity index (χ1v) is 4.14. The minimum Gasteiger partial charge on any atom is -0.359 e. The van der Waals surface area contributed by atoms with Crippen molar-refractivity contribution in [1.82, 2.24) is 10.6 Å². The van der Waals surface area contributed by atoms with Crippen LogP contribution >= 0.6 is 0 Å². The molecule has 0 aromatic rings. The van der Waals surface area contributed by atoms with Crippen molar-refractivity contribution in [3.8, 4) is 0 Å². The summed E-state index contributed by atoms with van der Waals surface area (Å²) in [5.41, 5.74) is 0. The zero-order chi connectivity index (χ0) is 8.69. The molecule has 66 valence electrons. The molecule has 0 aromatic heterocycles. The number of hydrogen-bond donors (Lipinski definition) is 2. The maximum atomic E-state index is 11.0. The highest BCUT2D eigenvalue weighted by atomic mass is 16.1. The van der Waals surface area contributed by atoms with E-state index in [9.17, 15) is 4.79 Å². The summed E-state index contributed by atoms with van der Waals surface area (Å²) >= 11 is 0. The maximum absolute atomic E-state index is 11.0. The molecule has 1 atom stereocenters. The van der Waals surface area contributed by atoms with Crippen LogP contribution in [-0.2, 0) is 4.79 Å². The molecule has 0 radical (unpaired) electrons. The van der Waals surface area contributed by atoms with E-state index < -0.39 is 0 Å². The van der Waals surface area contributed by atoms with E-state index >= 15 is 0 Å². The molecule has 0 fully saturated rings. The van der Waals surface area contributed by atoms with Crippen LogP contribution in [0.5, 0.6) is 0 Å². The third kappa shape index (κ3) is 4.79. The van der Waals surface area contributed by atoms with E-state index in [0.29, 0.717) is 0 Å². The van der Waals surface area contributed by atoms with Crippen LogP contribution < -0.4 is 10.6 Å². The van der Waals surface area contributed by atoms with Crippen molar-refractivity contribution < 1.29 is 4.79 Å². The lowest BCUT2D eigenvalue weighted by molar-refractivity contribution is -0.123. The third-order valence-electron chi connectivity index (χ3n) is 1.57. The predicted molar refractivity (Wildman–Crippen MR) is 46.4 cm³/mol. The largest absolute Gasteiger partial charge is 0.359 e. The lowest BCUT2D eigenvalue weighted by Gasteiger charge is -2.09. The molecule has 0 bridgehead atoms. The Labute approximate surface area is 68.6 Å². The highest BCUT2D eigenvalue weighted by Gasteiger charge is 2.08. The quantitative estimate of drug-likeness (QED) is 0.567. The van der Waals surface area contributed by atoms with Crippen molar-refractivity contribution >= 4 is 5.91 Å². The van der Waals surface area contributed by atoms with Crippen LogP contribution in [0, 0.1) is 5.92 Å². The fourth-order valence-electron chi connectivity index (χ4n) is 0.834. The second-order valence-corrected chi connectivity index (χ2v) is 2.72. The first-order valence-electron chi connectivity index (χ1n) is 4.14. The summed E-state index contributed by atoms with van der Waals surface area (Å²) in [6.45, 7) is 5.79. The molecular weight excluding hydrogens is 140 g/mol. The monoisotopic (exact) mass is 158 g/mol. The Bertz CT molecular complexity index is 115. The van der Waals surface area contributed by atoms with Crippen LogP contribution in [0.4, 0.5) is 0 Å². The van der Waals surface area contributed by atoms with Crippen molar-refractivity contribution in [3.05, 3.63) is 0 Å². The Morgan fingerprint density at radius 2 is 2.18 bits per heavy atom. The number of rotatable bonds is 5. The average molecular weight is 158 g/mol. The van der Waals surface area contributed by atoms with E-state index in [0.717, 1.165) is 19.5 Å². The second kappa shape index (κ2) is 6.16. The molecule has 3 nitrogen and oxygen atoms in total. The predicted octanol–water partition coefficient (Wildman–Crippen LogP) is 0.368. The molecule has 0 rings (SSSR count). The number of amides is 1. The molecule has 0 spiro atoms. The lowest BCUT2D eigenvalue weighted by atomic mass is 10.1. The fourth-order valence-corrected chi connectivity index (χ4v) is 0.834. The van der Waals surface area contributed by atoms with Gasteiger partial charge in [-0.05, 0) is 13.0 Å². The molecular formula is C8H18N2O. The van der Waals surface area contributed by atoms with Crippen molar-refractivity contribution in [2.24, 2.45) is 5.92 Å². The SMILES string of the molecule is CCCNCC(C)C(=O)NC. The molecule has 11 heavy (non-hydrogen) atoms. The summed E-state index contributed by atoms with van der Waals surface area (Å²) in [7, 11) is 1.67. The zero-order valence-electron chi connectivity index (χ0n) is 7.61. The first-order chi connectivity index (χ1) is 5.22. The van der Waals surface area contributed by atoms with E-state index in [1.54, 1.807) is 7.05 Å². The summed E-state index contributed by atoms with van der Waals surface area (Å²) in [5, 5.41) is 5.80. The normalized spacial score (nSPS) is 12.6. The highest BCUT2D eigenvalue weighted by molar-refractivity contribution is 5.78. The van der Waals surface area contributed by atoms with E-state index in [1.807, 2.05) is 6.92 Å². The summed E-state index contributed by atoms with van der Waals surface area (Å²) < 4.78 is 0. The maximum Gasteiger partial charge on any atom is 0.223 e. The first kappa shape index (κ1) is 10.4. The van der Waals surface area contributed by atoms with Gasteiger partial charge in [-0.3, -0.25) is 4.79 Å². The summed E-state index contributed by atoms with van der Waals surface area (Å²) in [6, 6.07) is 0.